The zero-order valence-electron chi connectivity index (χ0n) is 14.0. The average Bonchev–Trinajstić information content (AvgIpc) is 2.59. The number of aryl methyl sites for hydroxylation is 2. The van der Waals surface area contributed by atoms with Gasteiger partial charge < -0.3 is 4.74 Å². The lowest BCUT2D eigenvalue weighted by atomic mass is 10.1. The Morgan fingerprint density at radius 2 is 1.60 bits per heavy atom. The van der Waals surface area contributed by atoms with Crippen molar-refractivity contribution < 1.29 is 14.3 Å². The van der Waals surface area contributed by atoms with Crippen LogP contribution in [0.5, 0.6) is 5.75 Å². The molecule has 132 valence electrons. The largest absolute Gasteiger partial charge is 0.483 e. The number of carbonyl (C=O) groups is 2. The monoisotopic (exact) mass is 378 g/mol. The van der Waals surface area contributed by atoms with Crippen LogP contribution in [-0.2, 0) is 9.59 Å². The van der Waals surface area contributed by atoms with Gasteiger partial charge in [0, 0.05) is 9.92 Å². The quantitative estimate of drug-likeness (QED) is 0.598. The molecule has 0 unspecified atom stereocenters. The van der Waals surface area contributed by atoms with Crippen LogP contribution in [0.3, 0.4) is 0 Å². The lowest BCUT2D eigenvalue weighted by Gasteiger charge is -2.12. The van der Waals surface area contributed by atoms with E-state index >= 15 is 0 Å². The van der Waals surface area contributed by atoms with E-state index in [2.05, 4.69) is 10.9 Å². The maximum absolute atomic E-state index is 11.8. The molecule has 0 heterocycles. The lowest BCUT2D eigenvalue weighted by Crippen LogP contribution is -2.44. The molecule has 0 radical (unpaired) electrons. The van der Waals surface area contributed by atoms with Crippen molar-refractivity contribution in [2.45, 2.75) is 18.7 Å². The molecule has 0 saturated carbocycles. The van der Waals surface area contributed by atoms with Gasteiger partial charge in [0.05, 0.1) is 5.75 Å². The molecule has 2 aromatic carbocycles. The minimum atomic E-state index is -0.424. The molecular formula is C18H19ClN2O3S. The highest BCUT2D eigenvalue weighted by Crippen LogP contribution is 2.22. The second-order valence-corrected chi connectivity index (χ2v) is 6.83. The van der Waals surface area contributed by atoms with Crippen LogP contribution in [0.1, 0.15) is 11.1 Å². The normalized spacial score (nSPS) is 10.2. The lowest BCUT2D eigenvalue weighted by molar-refractivity contribution is -0.128. The van der Waals surface area contributed by atoms with Crippen molar-refractivity contribution in [2.24, 2.45) is 0 Å². The third-order valence-electron chi connectivity index (χ3n) is 3.28. The summed E-state index contributed by atoms with van der Waals surface area (Å²) in [7, 11) is 0. The third kappa shape index (κ3) is 6.32. The zero-order valence-corrected chi connectivity index (χ0v) is 15.5. The Balaban J connectivity index is 1.70. The summed E-state index contributed by atoms with van der Waals surface area (Å²) in [6, 6.07) is 12.9. The molecule has 0 spiro atoms. The van der Waals surface area contributed by atoms with Gasteiger partial charge in [-0.05, 0) is 49.2 Å². The number of amides is 2. The van der Waals surface area contributed by atoms with Crippen molar-refractivity contribution in [3.8, 4) is 5.75 Å². The molecule has 2 rings (SSSR count). The van der Waals surface area contributed by atoms with Gasteiger partial charge in [-0.15, -0.1) is 11.8 Å². The maximum atomic E-state index is 11.8. The SMILES string of the molecule is Cc1cccc(C)c1OCC(=O)NNC(=O)CSc1ccc(Cl)cc1. The molecule has 0 fully saturated rings. The third-order valence-corrected chi connectivity index (χ3v) is 4.55. The number of nitrogens with one attached hydrogen (secondary N) is 2. The molecule has 2 N–H and O–H groups in total. The van der Waals surface area contributed by atoms with Gasteiger partial charge in [-0.1, -0.05) is 29.8 Å². The molecule has 2 amide bonds. The fourth-order valence-electron chi connectivity index (χ4n) is 2.06. The molecule has 0 saturated heterocycles. The topological polar surface area (TPSA) is 67.4 Å². The van der Waals surface area contributed by atoms with Gasteiger partial charge in [0.25, 0.3) is 5.91 Å². The fraction of sp³-hybridized carbons (Fsp3) is 0.222. The van der Waals surface area contributed by atoms with Gasteiger partial charge in [-0.25, -0.2) is 0 Å². The van der Waals surface area contributed by atoms with E-state index in [0.29, 0.717) is 10.8 Å². The first-order valence-electron chi connectivity index (χ1n) is 7.61. The molecule has 5 nitrogen and oxygen atoms in total. The summed E-state index contributed by atoms with van der Waals surface area (Å²) < 4.78 is 5.52. The maximum Gasteiger partial charge on any atom is 0.276 e. The summed E-state index contributed by atoms with van der Waals surface area (Å²) in [5, 5.41) is 0.643. The Morgan fingerprint density at radius 3 is 2.24 bits per heavy atom. The first-order chi connectivity index (χ1) is 12.0. The van der Waals surface area contributed by atoms with Crippen molar-refractivity contribution in [1.29, 1.82) is 0 Å². The molecule has 0 atom stereocenters. The summed E-state index contributed by atoms with van der Waals surface area (Å²) in [6.45, 7) is 3.66. The first kappa shape index (κ1) is 19.1. The van der Waals surface area contributed by atoms with Crippen molar-refractivity contribution in [1.82, 2.24) is 10.9 Å². The second-order valence-electron chi connectivity index (χ2n) is 5.35. The number of hydrogen-bond donors (Lipinski definition) is 2. The highest BCUT2D eigenvalue weighted by Gasteiger charge is 2.09. The summed E-state index contributed by atoms with van der Waals surface area (Å²) in [6.07, 6.45) is 0. The Hall–Kier alpha value is -2.18. The minimum absolute atomic E-state index is 0.170. The number of ether oxygens (including phenoxy) is 1. The highest BCUT2D eigenvalue weighted by molar-refractivity contribution is 8.00. The van der Waals surface area contributed by atoms with Crippen LogP contribution in [-0.4, -0.2) is 24.2 Å². The van der Waals surface area contributed by atoms with E-state index in [-0.39, 0.29) is 18.3 Å². The number of rotatable bonds is 6. The number of benzene rings is 2. The molecule has 7 heteroatoms. The van der Waals surface area contributed by atoms with Crippen molar-refractivity contribution in [3.05, 3.63) is 58.6 Å². The molecule has 2 aromatic rings. The van der Waals surface area contributed by atoms with E-state index in [9.17, 15) is 9.59 Å². The molecule has 0 aliphatic rings. The van der Waals surface area contributed by atoms with Crippen LogP contribution in [0.25, 0.3) is 0 Å². The van der Waals surface area contributed by atoms with Gasteiger partial charge in [-0.2, -0.15) is 0 Å². The first-order valence-corrected chi connectivity index (χ1v) is 8.97. The van der Waals surface area contributed by atoms with Crippen LogP contribution in [0.15, 0.2) is 47.4 Å². The van der Waals surface area contributed by atoms with Gasteiger partial charge in [0.2, 0.25) is 5.91 Å². The molecule has 0 aliphatic heterocycles. The summed E-state index contributed by atoms with van der Waals surface area (Å²) in [5.74, 6) is 0.134. The number of hydrogen-bond acceptors (Lipinski definition) is 4. The molecule has 0 aromatic heterocycles. The summed E-state index contributed by atoms with van der Waals surface area (Å²) in [4.78, 5) is 24.5. The summed E-state index contributed by atoms with van der Waals surface area (Å²) >= 11 is 7.15. The number of carbonyl (C=O) groups excluding carboxylic acids is 2. The highest BCUT2D eigenvalue weighted by atomic mass is 35.5. The van der Waals surface area contributed by atoms with E-state index in [1.54, 1.807) is 12.1 Å². The smallest absolute Gasteiger partial charge is 0.276 e. The molecule has 25 heavy (non-hydrogen) atoms. The minimum Gasteiger partial charge on any atom is -0.483 e. The number of thioether (sulfide) groups is 1. The van der Waals surface area contributed by atoms with Crippen LogP contribution in [0.4, 0.5) is 0 Å². The van der Waals surface area contributed by atoms with E-state index < -0.39 is 5.91 Å². The van der Waals surface area contributed by atoms with Gasteiger partial charge in [0.15, 0.2) is 6.61 Å². The molecular weight excluding hydrogens is 360 g/mol. The van der Waals surface area contributed by atoms with Gasteiger partial charge in [-0.3, -0.25) is 20.4 Å². The predicted octanol–water partition coefficient (Wildman–Crippen LogP) is 3.28. The van der Waals surface area contributed by atoms with Crippen molar-refractivity contribution in [3.63, 3.8) is 0 Å². The Morgan fingerprint density at radius 1 is 1.00 bits per heavy atom. The average molecular weight is 379 g/mol. The van der Waals surface area contributed by atoms with E-state index in [1.807, 2.05) is 44.2 Å². The number of para-hydroxylation sites is 1. The molecule has 0 bridgehead atoms. The van der Waals surface area contributed by atoms with E-state index in [1.165, 1.54) is 11.8 Å². The zero-order chi connectivity index (χ0) is 18.2. The van der Waals surface area contributed by atoms with E-state index in [0.717, 1.165) is 16.0 Å². The van der Waals surface area contributed by atoms with Crippen molar-refractivity contribution >= 4 is 35.2 Å². The van der Waals surface area contributed by atoms with E-state index in [4.69, 9.17) is 16.3 Å². The van der Waals surface area contributed by atoms with Gasteiger partial charge in [0.1, 0.15) is 5.75 Å². The van der Waals surface area contributed by atoms with Crippen LogP contribution < -0.4 is 15.6 Å². The van der Waals surface area contributed by atoms with Crippen molar-refractivity contribution in [2.75, 3.05) is 12.4 Å². The number of hydrazine groups is 1. The Kier molecular flexibility index (Phi) is 7.16. The fourth-order valence-corrected chi connectivity index (χ4v) is 2.88. The Labute approximate surface area is 156 Å². The number of halogens is 1. The van der Waals surface area contributed by atoms with Gasteiger partial charge >= 0.3 is 0 Å². The standard InChI is InChI=1S/C18H19ClN2O3S/c1-12-4-3-5-13(2)18(12)24-10-16(22)20-21-17(23)11-25-15-8-6-14(19)7-9-15/h3-9H,10-11H2,1-2H3,(H,20,22)(H,21,23). The van der Waals surface area contributed by atoms with Crippen LogP contribution >= 0.6 is 23.4 Å². The van der Waals surface area contributed by atoms with Crippen LogP contribution in [0, 0.1) is 13.8 Å². The summed E-state index contributed by atoms with van der Waals surface area (Å²) in [5.41, 5.74) is 6.61. The predicted molar refractivity (Wildman–Crippen MR) is 99.9 cm³/mol. The Bertz CT molecular complexity index is 730. The molecule has 0 aliphatic carbocycles. The second kappa shape index (κ2) is 9.34. The van der Waals surface area contributed by atoms with Crippen LogP contribution in [0.2, 0.25) is 5.02 Å².